The summed E-state index contributed by atoms with van der Waals surface area (Å²) in [5.41, 5.74) is 0.282. The molecule has 26 heavy (non-hydrogen) atoms. The van der Waals surface area contributed by atoms with Gasteiger partial charge in [-0.2, -0.15) is 0 Å². The van der Waals surface area contributed by atoms with Crippen LogP contribution in [0, 0.1) is 11.6 Å². The lowest BCUT2D eigenvalue weighted by molar-refractivity contribution is -0.121. The van der Waals surface area contributed by atoms with Crippen LogP contribution in [0.4, 0.5) is 19.3 Å². The van der Waals surface area contributed by atoms with E-state index in [1.165, 1.54) is 15.9 Å². The average Bonchev–Trinajstić information content (AvgIpc) is 2.99. The molecular formula is C17H22F2N4O3. The van der Waals surface area contributed by atoms with Gasteiger partial charge < -0.3 is 15.0 Å². The minimum absolute atomic E-state index is 0.0535. The number of morpholine rings is 1. The molecule has 2 aliphatic rings. The minimum Gasteiger partial charge on any atom is -0.379 e. The van der Waals surface area contributed by atoms with Crippen LogP contribution >= 0.6 is 0 Å². The summed E-state index contributed by atoms with van der Waals surface area (Å²) in [5, 5.41) is 2.81. The Morgan fingerprint density at radius 2 is 1.88 bits per heavy atom. The molecule has 0 atom stereocenters. The zero-order valence-corrected chi connectivity index (χ0v) is 14.4. The van der Waals surface area contributed by atoms with Gasteiger partial charge in [-0.15, -0.1) is 0 Å². The lowest BCUT2D eigenvalue weighted by Crippen LogP contribution is -2.44. The first-order valence-electron chi connectivity index (χ1n) is 8.63. The van der Waals surface area contributed by atoms with E-state index < -0.39 is 11.6 Å². The molecule has 2 aliphatic heterocycles. The molecule has 2 heterocycles. The first-order valence-corrected chi connectivity index (χ1v) is 8.63. The Kier molecular flexibility index (Phi) is 6.00. The zero-order chi connectivity index (χ0) is 18.5. The summed E-state index contributed by atoms with van der Waals surface area (Å²) >= 11 is 0. The Labute approximate surface area is 150 Å². The van der Waals surface area contributed by atoms with Gasteiger partial charge in [0.15, 0.2) is 11.6 Å². The molecule has 2 saturated heterocycles. The fourth-order valence-corrected chi connectivity index (χ4v) is 3.03. The number of amides is 3. The van der Waals surface area contributed by atoms with Crippen LogP contribution in [-0.4, -0.2) is 80.8 Å². The molecule has 142 valence electrons. The Balaban J connectivity index is 1.45. The standard InChI is InChI=1S/C17H22F2N4O3/c18-14-2-1-13(11-15(14)19)23-6-5-22(17(23)25)12-16(24)20-3-4-21-7-9-26-10-8-21/h1-2,11H,3-10,12H2,(H,20,24). The third-order valence-electron chi connectivity index (χ3n) is 4.50. The average molecular weight is 368 g/mol. The first-order chi connectivity index (χ1) is 12.5. The van der Waals surface area contributed by atoms with Gasteiger partial charge in [-0.3, -0.25) is 14.6 Å². The summed E-state index contributed by atoms with van der Waals surface area (Å²) in [5.74, 6) is -2.20. The summed E-state index contributed by atoms with van der Waals surface area (Å²) < 4.78 is 31.7. The van der Waals surface area contributed by atoms with Crippen molar-refractivity contribution < 1.29 is 23.1 Å². The number of anilines is 1. The van der Waals surface area contributed by atoms with Crippen molar-refractivity contribution in [1.29, 1.82) is 0 Å². The maximum atomic E-state index is 13.4. The van der Waals surface area contributed by atoms with Crippen LogP contribution < -0.4 is 10.2 Å². The number of nitrogens with zero attached hydrogens (tertiary/aromatic N) is 3. The zero-order valence-electron chi connectivity index (χ0n) is 14.4. The largest absolute Gasteiger partial charge is 0.379 e. The molecule has 3 rings (SSSR count). The van der Waals surface area contributed by atoms with Gasteiger partial charge in [-0.1, -0.05) is 0 Å². The number of carbonyl (C=O) groups excluding carboxylic acids is 2. The third kappa shape index (κ3) is 4.47. The predicted molar refractivity (Wildman–Crippen MR) is 90.9 cm³/mol. The maximum Gasteiger partial charge on any atom is 0.325 e. The lowest BCUT2D eigenvalue weighted by atomic mass is 10.3. The molecule has 0 unspecified atom stereocenters. The summed E-state index contributed by atoms with van der Waals surface area (Å²) in [6.07, 6.45) is 0. The maximum absolute atomic E-state index is 13.4. The molecule has 0 radical (unpaired) electrons. The Hall–Kier alpha value is -2.26. The Morgan fingerprint density at radius 1 is 1.12 bits per heavy atom. The molecule has 0 spiro atoms. The second-order valence-electron chi connectivity index (χ2n) is 6.26. The van der Waals surface area contributed by atoms with E-state index in [1.54, 1.807) is 0 Å². The van der Waals surface area contributed by atoms with Crippen molar-refractivity contribution in [2.24, 2.45) is 0 Å². The van der Waals surface area contributed by atoms with E-state index in [9.17, 15) is 18.4 Å². The van der Waals surface area contributed by atoms with Crippen LogP contribution in [0.3, 0.4) is 0 Å². The molecule has 0 saturated carbocycles. The first kappa shape index (κ1) is 18.5. The van der Waals surface area contributed by atoms with Gasteiger partial charge in [0, 0.05) is 51.0 Å². The van der Waals surface area contributed by atoms with Crippen molar-refractivity contribution in [3.8, 4) is 0 Å². The van der Waals surface area contributed by atoms with Crippen LogP contribution in [0.25, 0.3) is 0 Å². The molecule has 1 aromatic carbocycles. The number of urea groups is 1. The van der Waals surface area contributed by atoms with Crippen LogP contribution in [-0.2, 0) is 9.53 Å². The third-order valence-corrected chi connectivity index (χ3v) is 4.50. The van der Waals surface area contributed by atoms with Crippen molar-refractivity contribution in [1.82, 2.24) is 15.1 Å². The molecule has 7 nitrogen and oxygen atoms in total. The molecule has 9 heteroatoms. The lowest BCUT2D eigenvalue weighted by Gasteiger charge is -2.26. The normalized spacial score (nSPS) is 18.5. The summed E-state index contributed by atoms with van der Waals surface area (Å²) in [6.45, 7) is 4.99. The van der Waals surface area contributed by atoms with Gasteiger partial charge in [0.1, 0.15) is 6.54 Å². The molecule has 1 aromatic rings. The molecule has 2 fully saturated rings. The van der Waals surface area contributed by atoms with E-state index >= 15 is 0 Å². The highest BCUT2D eigenvalue weighted by Crippen LogP contribution is 2.22. The second kappa shape index (κ2) is 8.41. The van der Waals surface area contributed by atoms with Crippen LogP contribution in [0.1, 0.15) is 0 Å². The Bertz CT molecular complexity index is 667. The van der Waals surface area contributed by atoms with Crippen LogP contribution in [0.5, 0.6) is 0 Å². The number of hydrogen-bond donors (Lipinski definition) is 1. The molecule has 0 aromatic heterocycles. The topological polar surface area (TPSA) is 65.1 Å². The number of hydrogen-bond acceptors (Lipinski definition) is 4. The number of nitrogens with one attached hydrogen (secondary N) is 1. The van der Waals surface area contributed by atoms with E-state index in [4.69, 9.17) is 4.74 Å². The van der Waals surface area contributed by atoms with Gasteiger partial charge >= 0.3 is 6.03 Å². The summed E-state index contributed by atoms with van der Waals surface area (Å²) in [4.78, 5) is 29.4. The van der Waals surface area contributed by atoms with E-state index in [2.05, 4.69) is 10.2 Å². The van der Waals surface area contributed by atoms with E-state index in [1.807, 2.05) is 0 Å². The Morgan fingerprint density at radius 3 is 2.62 bits per heavy atom. The molecular weight excluding hydrogens is 346 g/mol. The highest BCUT2D eigenvalue weighted by Gasteiger charge is 2.31. The van der Waals surface area contributed by atoms with E-state index in [-0.39, 0.29) is 24.2 Å². The van der Waals surface area contributed by atoms with Crippen molar-refractivity contribution in [3.63, 3.8) is 0 Å². The number of carbonyl (C=O) groups is 2. The fraction of sp³-hybridized carbons (Fsp3) is 0.529. The van der Waals surface area contributed by atoms with Gasteiger partial charge in [-0.05, 0) is 12.1 Å². The highest BCUT2D eigenvalue weighted by molar-refractivity contribution is 5.96. The van der Waals surface area contributed by atoms with Gasteiger partial charge in [0.05, 0.1) is 13.2 Å². The monoisotopic (exact) mass is 368 g/mol. The molecule has 0 bridgehead atoms. The number of halogens is 2. The second-order valence-corrected chi connectivity index (χ2v) is 6.26. The number of ether oxygens (including phenoxy) is 1. The smallest absolute Gasteiger partial charge is 0.325 e. The summed E-state index contributed by atoms with van der Waals surface area (Å²) in [6, 6.07) is 2.93. The molecule has 0 aliphatic carbocycles. The fourth-order valence-electron chi connectivity index (χ4n) is 3.03. The van der Waals surface area contributed by atoms with Gasteiger partial charge in [0.25, 0.3) is 0 Å². The van der Waals surface area contributed by atoms with Crippen LogP contribution in [0.15, 0.2) is 18.2 Å². The molecule has 1 N–H and O–H groups in total. The highest BCUT2D eigenvalue weighted by atomic mass is 19.2. The van der Waals surface area contributed by atoms with E-state index in [0.29, 0.717) is 32.8 Å². The van der Waals surface area contributed by atoms with Gasteiger partial charge in [-0.25, -0.2) is 13.6 Å². The van der Waals surface area contributed by atoms with Crippen molar-refractivity contribution in [2.75, 3.05) is 63.9 Å². The van der Waals surface area contributed by atoms with E-state index in [0.717, 1.165) is 31.8 Å². The van der Waals surface area contributed by atoms with Crippen molar-refractivity contribution >= 4 is 17.6 Å². The number of rotatable bonds is 6. The van der Waals surface area contributed by atoms with Crippen LogP contribution in [0.2, 0.25) is 0 Å². The van der Waals surface area contributed by atoms with Crippen molar-refractivity contribution in [2.45, 2.75) is 0 Å². The number of benzene rings is 1. The van der Waals surface area contributed by atoms with Gasteiger partial charge in [0.2, 0.25) is 5.91 Å². The minimum atomic E-state index is -1.00. The van der Waals surface area contributed by atoms with Crippen molar-refractivity contribution in [3.05, 3.63) is 29.8 Å². The quantitative estimate of drug-likeness (QED) is 0.801. The molecule has 3 amide bonds. The summed E-state index contributed by atoms with van der Waals surface area (Å²) in [7, 11) is 0. The SMILES string of the molecule is O=C(CN1CCN(c2ccc(F)c(F)c2)C1=O)NCCN1CCOCC1. The predicted octanol–water partition coefficient (Wildman–Crippen LogP) is 0.655.